The van der Waals surface area contributed by atoms with Crippen molar-refractivity contribution in [3.63, 3.8) is 0 Å². The van der Waals surface area contributed by atoms with Crippen molar-refractivity contribution in [1.29, 1.82) is 5.26 Å². The maximum absolute atomic E-state index is 9.16. The zero-order chi connectivity index (χ0) is 13.4. The van der Waals surface area contributed by atoms with E-state index in [2.05, 4.69) is 16.0 Å². The standard InChI is InChI=1S/C12H13N5O2/c13-3-7-4-17(9-2-1-8(5-18)19-9)12-10(7)11(14)15-6-16-12/h4,6,8-9,18H,1-2,5H2,(H2,14,15,16). The average molecular weight is 259 g/mol. The van der Waals surface area contributed by atoms with Crippen LogP contribution in [0.4, 0.5) is 5.82 Å². The van der Waals surface area contributed by atoms with Crippen molar-refractivity contribution >= 4 is 16.9 Å². The molecule has 0 spiro atoms. The second kappa shape index (κ2) is 4.50. The third-order valence-electron chi connectivity index (χ3n) is 3.36. The molecule has 2 unspecified atom stereocenters. The summed E-state index contributed by atoms with van der Waals surface area (Å²) in [5.74, 6) is 0.289. The number of rotatable bonds is 2. The summed E-state index contributed by atoms with van der Waals surface area (Å²) in [6.45, 7) is -0.00205. The maximum Gasteiger partial charge on any atom is 0.148 e. The zero-order valence-corrected chi connectivity index (χ0v) is 10.2. The van der Waals surface area contributed by atoms with Gasteiger partial charge in [-0.1, -0.05) is 0 Å². The molecule has 2 aromatic rings. The molecule has 3 N–H and O–H groups in total. The van der Waals surface area contributed by atoms with Gasteiger partial charge in [0.25, 0.3) is 0 Å². The first-order valence-corrected chi connectivity index (χ1v) is 6.02. The number of nitrogens with zero attached hydrogens (tertiary/aromatic N) is 4. The van der Waals surface area contributed by atoms with Crippen LogP contribution in [0.25, 0.3) is 11.0 Å². The molecule has 0 radical (unpaired) electrons. The predicted molar refractivity (Wildman–Crippen MR) is 66.9 cm³/mol. The molecule has 1 aliphatic heterocycles. The summed E-state index contributed by atoms with van der Waals surface area (Å²) in [7, 11) is 0. The van der Waals surface area contributed by atoms with Crippen LogP contribution in [0.5, 0.6) is 0 Å². The maximum atomic E-state index is 9.16. The fourth-order valence-corrected chi connectivity index (χ4v) is 2.44. The molecule has 0 aromatic carbocycles. The second-order valence-corrected chi connectivity index (χ2v) is 4.49. The number of nitrogens with two attached hydrogens (primary N) is 1. The van der Waals surface area contributed by atoms with Crippen LogP contribution < -0.4 is 5.73 Å². The number of aromatic nitrogens is 3. The smallest absolute Gasteiger partial charge is 0.148 e. The summed E-state index contributed by atoms with van der Waals surface area (Å²) >= 11 is 0. The van der Waals surface area contributed by atoms with Gasteiger partial charge >= 0.3 is 0 Å². The molecule has 3 heterocycles. The van der Waals surface area contributed by atoms with Gasteiger partial charge < -0.3 is 20.1 Å². The van der Waals surface area contributed by atoms with Crippen LogP contribution in [0.2, 0.25) is 0 Å². The van der Waals surface area contributed by atoms with Gasteiger partial charge in [0.15, 0.2) is 0 Å². The lowest BCUT2D eigenvalue weighted by molar-refractivity contribution is -0.0204. The van der Waals surface area contributed by atoms with Crippen LogP contribution in [0.3, 0.4) is 0 Å². The van der Waals surface area contributed by atoms with Crippen molar-refractivity contribution < 1.29 is 9.84 Å². The van der Waals surface area contributed by atoms with Crippen molar-refractivity contribution in [2.24, 2.45) is 0 Å². The lowest BCUT2D eigenvalue weighted by Crippen LogP contribution is -2.14. The molecular weight excluding hydrogens is 246 g/mol. The summed E-state index contributed by atoms with van der Waals surface area (Å²) < 4.78 is 7.50. The van der Waals surface area contributed by atoms with E-state index in [-0.39, 0.29) is 24.8 Å². The van der Waals surface area contributed by atoms with E-state index in [9.17, 15) is 0 Å². The second-order valence-electron chi connectivity index (χ2n) is 4.49. The fourth-order valence-electron chi connectivity index (χ4n) is 2.44. The molecule has 2 atom stereocenters. The van der Waals surface area contributed by atoms with Crippen LogP contribution in [0, 0.1) is 11.3 Å². The van der Waals surface area contributed by atoms with Gasteiger partial charge in [0.2, 0.25) is 0 Å². The van der Waals surface area contributed by atoms with Crippen molar-refractivity contribution in [2.45, 2.75) is 25.2 Å². The zero-order valence-electron chi connectivity index (χ0n) is 10.2. The third-order valence-corrected chi connectivity index (χ3v) is 3.36. The average Bonchev–Trinajstić information content (AvgIpc) is 3.02. The molecule has 7 nitrogen and oxygen atoms in total. The number of nitrogen functional groups attached to an aromatic ring is 1. The summed E-state index contributed by atoms with van der Waals surface area (Å²) in [6.07, 6.45) is 4.21. The number of hydrogen-bond donors (Lipinski definition) is 2. The van der Waals surface area contributed by atoms with Crippen LogP contribution in [-0.4, -0.2) is 32.4 Å². The highest BCUT2D eigenvalue weighted by Gasteiger charge is 2.28. The first-order chi connectivity index (χ1) is 9.24. The van der Waals surface area contributed by atoms with E-state index in [1.54, 1.807) is 10.8 Å². The Morgan fingerprint density at radius 2 is 2.37 bits per heavy atom. The van der Waals surface area contributed by atoms with Gasteiger partial charge in [-0.15, -0.1) is 0 Å². The monoisotopic (exact) mass is 259 g/mol. The molecule has 0 bridgehead atoms. The minimum absolute atomic E-state index is 0.00205. The Hall–Kier alpha value is -2.17. The molecule has 98 valence electrons. The molecular formula is C12H13N5O2. The normalized spacial score (nSPS) is 22.7. The largest absolute Gasteiger partial charge is 0.394 e. The van der Waals surface area contributed by atoms with Crippen molar-refractivity contribution in [3.05, 3.63) is 18.1 Å². The number of fused-ring (bicyclic) bond motifs is 1. The molecule has 2 aromatic heterocycles. The Balaban J connectivity index is 2.10. The quantitative estimate of drug-likeness (QED) is 0.815. The van der Waals surface area contributed by atoms with Gasteiger partial charge in [0.05, 0.1) is 23.7 Å². The molecule has 1 saturated heterocycles. The van der Waals surface area contributed by atoms with E-state index in [0.717, 1.165) is 12.8 Å². The van der Waals surface area contributed by atoms with E-state index in [1.165, 1.54) is 6.33 Å². The van der Waals surface area contributed by atoms with Gasteiger partial charge in [-0.3, -0.25) is 0 Å². The summed E-state index contributed by atoms with van der Waals surface area (Å²) in [5, 5.41) is 18.8. The fraction of sp³-hybridized carbons (Fsp3) is 0.417. The highest BCUT2D eigenvalue weighted by atomic mass is 16.5. The number of anilines is 1. The van der Waals surface area contributed by atoms with Gasteiger partial charge in [-0.05, 0) is 12.8 Å². The van der Waals surface area contributed by atoms with Crippen molar-refractivity contribution in [2.75, 3.05) is 12.3 Å². The first-order valence-electron chi connectivity index (χ1n) is 6.02. The van der Waals surface area contributed by atoms with Crippen molar-refractivity contribution in [1.82, 2.24) is 14.5 Å². The molecule has 7 heteroatoms. The van der Waals surface area contributed by atoms with Gasteiger partial charge in [-0.25, -0.2) is 9.97 Å². The lowest BCUT2D eigenvalue weighted by Gasteiger charge is -2.14. The number of nitriles is 1. The highest BCUT2D eigenvalue weighted by molar-refractivity contribution is 5.91. The van der Waals surface area contributed by atoms with Crippen LogP contribution in [0.1, 0.15) is 24.6 Å². The summed E-state index contributed by atoms with van der Waals surface area (Å²) in [6, 6.07) is 2.09. The Morgan fingerprint density at radius 3 is 3.05 bits per heavy atom. The van der Waals surface area contributed by atoms with E-state index >= 15 is 0 Å². The number of aliphatic hydroxyl groups is 1. The van der Waals surface area contributed by atoms with E-state index < -0.39 is 0 Å². The highest BCUT2D eigenvalue weighted by Crippen LogP contribution is 2.33. The topological polar surface area (TPSA) is 110 Å². The molecule has 3 rings (SSSR count). The SMILES string of the molecule is N#Cc1cn(C2CCC(CO)O2)c2ncnc(N)c12. The van der Waals surface area contributed by atoms with Gasteiger partial charge in [0.1, 0.15) is 30.1 Å². The minimum atomic E-state index is -0.226. The molecule has 19 heavy (non-hydrogen) atoms. The Morgan fingerprint density at radius 1 is 1.53 bits per heavy atom. The van der Waals surface area contributed by atoms with Gasteiger partial charge in [0, 0.05) is 6.20 Å². The number of hydrogen-bond acceptors (Lipinski definition) is 6. The predicted octanol–water partition coefficient (Wildman–Crippen LogP) is 0.555. The third kappa shape index (κ3) is 1.82. The molecule has 1 fully saturated rings. The Labute approximate surface area is 109 Å². The lowest BCUT2D eigenvalue weighted by atomic mass is 10.2. The molecule has 0 amide bonds. The van der Waals surface area contributed by atoms with E-state index in [4.69, 9.17) is 20.8 Å². The number of ether oxygens (including phenoxy) is 1. The van der Waals surface area contributed by atoms with Crippen LogP contribution in [0.15, 0.2) is 12.5 Å². The van der Waals surface area contributed by atoms with E-state index in [1.807, 2.05) is 0 Å². The van der Waals surface area contributed by atoms with Gasteiger partial charge in [-0.2, -0.15) is 5.26 Å². The summed E-state index contributed by atoms with van der Waals surface area (Å²) in [5.41, 5.74) is 6.83. The molecule has 1 aliphatic rings. The minimum Gasteiger partial charge on any atom is -0.394 e. The molecule has 0 saturated carbocycles. The Kier molecular flexibility index (Phi) is 2.81. The number of aliphatic hydroxyl groups excluding tert-OH is 1. The first kappa shape index (κ1) is 11.9. The van der Waals surface area contributed by atoms with Crippen LogP contribution >= 0.6 is 0 Å². The van der Waals surface area contributed by atoms with Crippen molar-refractivity contribution in [3.8, 4) is 6.07 Å². The van der Waals surface area contributed by atoms with E-state index in [0.29, 0.717) is 16.6 Å². The molecule has 0 aliphatic carbocycles. The Bertz CT molecular complexity index is 660. The van der Waals surface area contributed by atoms with Crippen LogP contribution in [-0.2, 0) is 4.74 Å². The summed E-state index contributed by atoms with van der Waals surface area (Å²) in [4.78, 5) is 8.09.